The summed E-state index contributed by atoms with van der Waals surface area (Å²) in [4.78, 5) is 35.2. The van der Waals surface area contributed by atoms with E-state index in [0.717, 1.165) is 6.07 Å². The molecule has 0 spiro atoms. The number of ether oxygens (including phenoxy) is 2. The summed E-state index contributed by atoms with van der Waals surface area (Å²) in [6.07, 6.45) is -1.36. The lowest BCUT2D eigenvalue weighted by Crippen LogP contribution is -2.33. The number of hydrogen-bond donors (Lipinski definition) is 2. The Balaban J connectivity index is 2.33. The number of amides is 2. The maximum Gasteiger partial charge on any atom is 0.407 e. The van der Waals surface area contributed by atoms with Crippen LogP contribution in [0.15, 0.2) is 18.2 Å². The smallest absolute Gasteiger partial charge is 0.407 e. The van der Waals surface area contributed by atoms with Crippen LogP contribution in [0, 0.1) is 5.82 Å². The predicted molar refractivity (Wildman–Crippen MR) is 99.1 cm³/mol. The molecule has 0 radical (unpaired) electrons. The van der Waals surface area contributed by atoms with Gasteiger partial charge in [0.15, 0.2) is 6.10 Å². The molecule has 0 saturated carbocycles. The number of anilines is 1. The molecule has 2 amide bonds. The SMILES string of the molecule is C[C@@H](OC(=O)CCCNC(=O)OC(C)(C)C)C(=O)Nc1ccc(Cl)cc1F. The van der Waals surface area contributed by atoms with Gasteiger partial charge in [-0.05, 0) is 52.3 Å². The minimum Gasteiger partial charge on any atom is -0.453 e. The molecule has 2 N–H and O–H groups in total. The van der Waals surface area contributed by atoms with E-state index in [1.807, 2.05) is 0 Å². The van der Waals surface area contributed by atoms with Crippen molar-refractivity contribution in [2.75, 3.05) is 11.9 Å². The summed E-state index contributed by atoms with van der Waals surface area (Å²) in [7, 11) is 0. The summed E-state index contributed by atoms with van der Waals surface area (Å²) in [5.41, 5.74) is -0.663. The third kappa shape index (κ3) is 9.23. The standard InChI is InChI=1S/C18H24ClFN2O5/c1-11(16(24)22-14-8-7-12(19)10-13(14)20)26-15(23)6-5-9-21-17(25)27-18(2,3)4/h7-8,10-11H,5-6,9H2,1-4H3,(H,21,25)(H,22,24)/t11-/m1/s1. The predicted octanol–water partition coefficient (Wildman–Crippen LogP) is 3.65. The largest absolute Gasteiger partial charge is 0.453 e. The Morgan fingerprint density at radius 1 is 1.26 bits per heavy atom. The van der Waals surface area contributed by atoms with Crippen LogP contribution in [0.4, 0.5) is 14.9 Å². The van der Waals surface area contributed by atoms with Gasteiger partial charge in [0.1, 0.15) is 11.4 Å². The molecule has 0 unspecified atom stereocenters. The van der Waals surface area contributed by atoms with E-state index < -0.39 is 35.5 Å². The third-order valence-corrected chi connectivity index (χ3v) is 3.33. The molecule has 0 aliphatic carbocycles. The van der Waals surface area contributed by atoms with Crippen molar-refractivity contribution in [2.45, 2.75) is 52.2 Å². The molecule has 9 heteroatoms. The average Bonchev–Trinajstić information content (AvgIpc) is 2.52. The Bertz CT molecular complexity index is 691. The molecule has 0 aliphatic rings. The van der Waals surface area contributed by atoms with E-state index >= 15 is 0 Å². The van der Waals surface area contributed by atoms with E-state index in [1.165, 1.54) is 19.1 Å². The summed E-state index contributed by atoms with van der Waals surface area (Å²) >= 11 is 5.64. The first-order valence-corrected chi connectivity index (χ1v) is 8.78. The van der Waals surface area contributed by atoms with Crippen LogP contribution in [-0.2, 0) is 19.1 Å². The van der Waals surface area contributed by atoms with Crippen LogP contribution in [-0.4, -0.2) is 36.2 Å². The van der Waals surface area contributed by atoms with Crippen molar-refractivity contribution >= 4 is 35.3 Å². The van der Waals surface area contributed by atoms with E-state index in [4.69, 9.17) is 21.1 Å². The lowest BCUT2D eigenvalue weighted by Gasteiger charge is -2.19. The van der Waals surface area contributed by atoms with Crippen LogP contribution >= 0.6 is 11.6 Å². The van der Waals surface area contributed by atoms with Gasteiger partial charge < -0.3 is 20.1 Å². The molecule has 0 fully saturated rings. The number of nitrogens with one attached hydrogen (secondary N) is 2. The Kier molecular flexibility index (Phi) is 8.49. The topological polar surface area (TPSA) is 93.7 Å². The lowest BCUT2D eigenvalue weighted by atomic mass is 10.2. The van der Waals surface area contributed by atoms with Gasteiger partial charge in [-0.15, -0.1) is 0 Å². The number of hydrogen-bond acceptors (Lipinski definition) is 5. The first kappa shape index (κ1) is 22.7. The van der Waals surface area contributed by atoms with E-state index in [1.54, 1.807) is 20.8 Å². The molecule has 150 valence electrons. The zero-order valence-corrected chi connectivity index (χ0v) is 16.5. The molecule has 27 heavy (non-hydrogen) atoms. The summed E-state index contributed by atoms with van der Waals surface area (Å²) < 4.78 is 23.7. The minimum absolute atomic E-state index is 0.00270. The van der Waals surface area contributed by atoms with E-state index in [9.17, 15) is 18.8 Å². The highest BCUT2D eigenvalue weighted by Gasteiger charge is 2.19. The second-order valence-corrected chi connectivity index (χ2v) is 7.21. The van der Waals surface area contributed by atoms with Gasteiger partial charge in [-0.2, -0.15) is 0 Å². The molecule has 1 atom stereocenters. The Hall–Kier alpha value is -2.35. The summed E-state index contributed by atoms with van der Waals surface area (Å²) in [5.74, 6) is -1.97. The first-order valence-electron chi connectivity index (χ1n) is 8.40. The fraction of sp³-hybridized carbons (Fsp3) is 0.500. The van der Waals surface area contributed by atoms with Gasteiger partial charge in [-0.3, -0.25) is 9.59 Å². The molecule has 7 nitrogen and oxygen atoms in total. The molecule has 0 saturated heterocycles. The maximum absolute atomic E-state index is 13.7. The van der Waals surface area contributed by atoms with E-state index in [2.05, 4.69) is 10.6 Å². The zero-order valence-electron chi connectivity index (χ0n) is 15.7. The third-order valence-electron chi connectivity index (χ3n) is 3.09. The van der Waals surface area contributed by atoms with Gasteiger partial charge in [0.2, 0.25) is 0 Å². The van der Waals surface area contributed by atoms with Gasteiger partial charge in [0.25, 0.3) is 5.91 Å². The summed E-state index contributed by atoms with van der Waals surface area (Å²) in [6.45, 7) is 6.82. The highest BCUT2D eigenvalue weighted by molar-refractivity contribution is 6.30. The molecule has 0 aliphatic heterocycles. The van der Waals surface area contributed by atoms with Crippen LogP contribution in [0.3, 0.4) is 0 Å². The van der Waals surface area contributed by atoms with E-state index in [0.29, 0.717) is 6.42 Å². The fourth-order valence-corrected chi connectivity index (χ4v) is 2.03. The number of carbonyl (C=O) groups is 3. The van der Waals surface area contributed by atoms with Gasteiger partial charge in [0, 0.05) is 18.0 Å². The first-order chi connectivity index (χ1) is 12.5. The average molecular weight is 403 g/mol. The number of benzene rings is 1. The Labute approximate surface area is 162 Å². The molecular formula is C18H24ClFN2O5. The van der Waals surface area contributed by atoms with Gasteiger partial charge in [0.05, 0.1) is 5.69 Å². The van der Waals surface area contributed by atoms with Crippen LogP contribution in [0.25, 0.3) is 0 Å². The van der Waals surface area contributed by atoms with E-state index in [-0.39, 0.29) is 23.7 Å². The van der Waals surface area contributed by atoms with Crippen LogP contribution in [0.2, 0.25) is 5.02 Å². The highest BCUT2D eigenvalue weighted by Crippen LogP contribution is 2.19. The second kappa shape index (κ2) is 10.1. The number of carbonyl (C=O) groups excluding carboxylic acids is 3. The number of halogens is 2. The maximum atomic E-state index is 13.7. The minimum atomic E-state index is -1.11. The molecule has 1 aromatic rings. The summed E-state index contributed by atoms with van der Waals surface area (Å²) in [6, 6.07) is 3.80. The van der Waals surface area contributed by atoms with Crippen LogP contribution in [0.5, 0.6) is 0 Å². The van der Waals surface area contributed by atoms with Crippen molar-refractivity contribution in [3.63, 3.8) is 0 Å². The molecule has 1 aromatic carbocycles. The van der Waals surface area contributed by atoms with Crippen LogP contribution < -0.4 is 10.6 Å². The molecular weight excluding hydrogens is 379 g/mol. The van der Waals surface area contributed by atoms with Gasteiger partial charge >= 0.3 is 12.1 Å². The number of rotatable bonds is 7. The Morgan fingerprint density at radius 3 is 2.52 bits per heavy atom. The summed E-state index contributed by atoms with van der Waals surface area (Å²) in [5, 5.41) is 5.04. The quantitative estimate of drug-likeness (QED) is 0.536. The van der Waals surface area contributed by atoms with Crippen molar-refractivity contribution in [2.24, 2.45) is 0 Å². The normalized spacial score (nSPS) is 12.1. The Morgan fingerprint density at radius 2 is 1.93 bits per heavy atom. The van der Waals surface area contributed by atoms with Crippen molar-refractivity contribution < 1.29 is 28.2 Å². The van der Waals surface area contributed by atoms with Crippen molar-refractivity contribution in [1.82, 2.24) is 5.32 Å². The highest BCUT2D eigenvalue weighted by atomic mass is 35.5. The number of esters is 1. The lowest BCUT2D eigenvalue weighted by molar-refractivity contribution is -0.153. The van der Waals surface area contributed by atoms with Gasteiger partial charge in [-0.1, -0.05) is 11.6 Å². The van der Waals surface area contributed by atoms with Crippen molar-refractivity contribution in [3.05, 3.63) is 29.0 Å². The fourth-order valence-electron chi connectivity index (χ4n) is 1.87. The monoisotopic (exact) mass is 402 g/mol. The van der Waals surface area contributed by atoms with Gasteiger partial charge in [-0.25, -0.2) is 9.18 Å². The molecule has 1 rings (SSSR count). The molecule has 0 heterocycles. The molecule has 0 bridgehead atoms. The molecule has 0 aromatic heterocycles. The second-order valence-electron chi connectivity index (χ2n) is 6.78. The van der Waals surface area contributed by atoms with Crippen molar-refractivity contribution in [3.8, 4) is 0 Å². The van der Waals surface area contributed by atoms with Crippen molar-refractivity contribution in [1.29, 1.82) is 0 Å². The zero-order chi connectivity index (χ0) is 20.6. The van der Waals surface area contributed by atoms with Crippen LogP contribution in [0.1, 0.15) is 40.5 Å². The number of alkyl carbamates (subject to hydrolysis) is 1.